The fourth-order valence-corrected chi connectivity index (χ4v) is 2.66. The van der Waals surface area contributed by atoms with Crippen LogP contribution < -0.4 is 10.4 Å². The molecule has 1 unspecified atom stereocenters. The Labute approximate surface area is 147 Å². The van der Waals surface area contributed by atoms with Crippen molar-refractivity contribution in [2.45, 2.75) is 19.6 Å². The van der Waals surface area contributed by atoms with E-state index in [1.54, 1.807) is 4.57 Å². The van der Waals surface area contributed by atoms with Crippen molar-refractivity contribution in [2.75, 3.05) is 6.61 Å². The van der Waals surface area contributed by atoms with Crippen LogP contribution in [-0.2, 0) is 13.6 Å². The predicted octanol–water partition coefficient (Wildman–Crippen LogP) is 2.63. The summed E-state index contributed by atoms with van der Waals surface area (Å²) < 4.78 is 9.23. The first-order chi connectivity index (χ1) is 11.1. The highest BCUT2D eigenvalue weighted by Gasteiger charge is 2.12. The minimum Gasteiger partial charge on any atom is -0.491 e. The summed E-state index contributed by atoms with van der Waals surface area (Å²) >= 11 is 0. The summed E-state index contributed by atoms with van der Waals surface area (Å²) in [6.45, 7) is 2.54. The van der Waals surface area contributed by atoms with Crippen molar-refractivity contribution in [1.29, 1.82) is 5.41 Å². The van der Waals surface area contributed by atoms with Crippen LogP contribution in [0.3, 0.4) is 0 Å². The molecule has 1 heterocycles. The standard InChI is InChI=1S/C18H21N3O2.ClH/c1-13-7-9-15(10-8-13)23-12-14(22)11-21-17-6-4-3-5-16(17)20(2)18(21)19;/h3-10,14,19,22H,11-12H2,1-2H3;1H. The maximum Gasteiger partial charge on any atom is 0.202 e. The van der Waals surface area contributed by atoms with Gasteiger partial charge in [0.2, 0.25) is 5.62 Å². The number of aromatic nitrogens is 2. The maximum atomic E-state index is 10.3. The monoisotopic (exact) mass is 347 g/mol. The average molecular weight is 348 g/mol. The number of fused-ring (bicyclic) bond motifs is 1. The van der Waals surface area contributed by atoms with Gasteiger partial charge in [0.1, 0.15) is 18.5 Å². The van der Waals surface area contributed by atoms with Gasteiger partial charge in [0.15, 0.2) is 0 Å². The van der Waals surface area contributed by atoms with Gasteiger partial charge in [-0.25, -0.2) is 0 Å². The van der Waals surface area contributed by atoms with Crippen molar-refractivity contribution in [3.05, 3.63) is 59.7 Å². The molecule has 6 heteroatoms. The second-order valence-corrected chi connectivity index (χ2v) is 5.76. The van der Waals surface area contributed by atoms with Gasteiger partial charge < -0.3 is 19.0 Å². The summed E-state index contributed by atoms with van der Waals surface area (Å²) in [5.41, 5.74) is 3.45. The molecule has 5 nitrogen and oxygen atoms in total. The molecule has 2 aromatic carbocycles. The minimum absolute atomic E-state index is 0. The molecule has 0 radical (unpaired) electrons. The molecular weight excluding hydrogens is 326 g/mol. The number of aryl methyl sites for hydroxylation is 2. The van der Waals surface area contributed by atoms with E-state index in [2.05, 4.69) is 0 Å². The zero-order chi connectivity index (χ0) is 16.4. The van der Waals surface area contributed by atoms with Gasteiger partial charge in [-0.1, -0.05) is 29.8 Å². The molecule has 1 aromatic heterocycles. The molecule has 2 N–H and O–H groups in total. The summed E-state index contributed by atoms with van der Waals surface area (Å²) in [6, 6.07) is 15.6. The van der Waals surface area contributed by atoms with Gasteiger partial charge in [-0.2, -0.15) is 0 Å². The fraction of sp³-hybridized carbons (Fsp3) is 0.278. The maximum absolute atomic E-state index is 10.3. The van der Waals surface area contributed by atoms with Crippen LogP contribution in [0, 0.1) is 12.3 Å². The van der Waals surface area contributed by atoms with Crippen LogP contribution in [0.1, 0.15) is 5.56 Å². The molecule has 1 atom stereocenters. The largest absolute Gasteiger partial charge is 0.491 e. The van der Waals surface area contributed by atoms with Crippen LogP contribution in [-0.4, -0.2) is 27.0 Å². The van der Waals surface area contributed by atoms with Crippen molar-refractivity contribution >= 4 is 23.4 Å². The molecule has 24 heavy (non-hydrogen) atoms. The van der Waals surface area contributed by atoms with E-state index in [1.165, 1.54) is 5.56 Å². The Hall–Kier alpha value is -2.24. The van der Waals surface area contributed by atoms with Gasteiger partial charge in [-0.3, -0.25) is 5.41 Å². The highest BCUT2D eigenvalue weighted by Crippen LogP contribution is 2.14. The summed E-state index contributed by atoms with van der Waals surface area (Å²) in [4.78, 5) is 0. The van der Waals surface area contributed by atoms with Gasteiger partial charge in [0.25, 0.3) is 0 Å². The van der Waals surface area contributed by atoms with Crippen LogP contribution in [0.5, 0.6) is 5.75 Å². The molecule has 3 aromatic rings. The third kappa shape index (κ3) is 3.63. The van der Waals surface area contributed by atoms with E-state index < -0.39 is 6.10 Å². The Morgan fingerprint density at radius 1 is 1.08 bits per heavy atom. The second-order valence-electron chi connectivity index (χ2n) is 5.76. The van der Waals surface area contributed by atoms with E-state index in [0.717, 1.165) is 16.8 Å². The van der Waals surface area contributed by atoms with Crippen molar-refractivity contribution in [3.63, 3.8) is 0 Å². The number of hydrogen-bond donors (Lipinski definition) is 2. The highest BCUT2D eigenvalue weighted by molar-refractivity contribution is 5.85. The molecule has 0 saturated carbocycles. The van der Waals surface area contributed by atoms with Crippen LogP contribution in [0.2, 0.25) is 0 Å². The van der Waals surface area contributed by atoms with Crippen LogP contribution >= 0.6 is 12.4 Å². The van der Waals surface area contributed by atoms with E-state index in [1.807, 2.05) is 67.1 Å². The number of aliphatic hydroxyl groups is 1. The molecule has 3 rings (SSSR count). The van der Waals surface area contributed by atoms with E-state index >= 15 is 0 Å². The number of halogens is 1. The van der Waals surface area contributed by atoms with Gasteiger partial charge in [0.05, 0.1) is 17.6 Å². The first-order valence-electron chi connectivity index (χ1n) is 7.62. The van der Waals surface area contributed by atoms with E-state index in [0.29, 0.717) is 12.2 Å². The van der Waals surface area contributed by atoms with Crippen molar-refractivity contribution < 1.29 is 9.84 Å². The molecule has 0 bridgehead atoms. The normalized spacial score (nSPS) is 12.0. The number of benzene rings is 2. The van der Waals surface area contributed by atoms with Crippen molar-refractivity contribution in [1.82, 2.24) is 9.13 Å². The third-order valence-corrected chi connectivity index (χ3v) is 3.96. The average Bonchev–Trinajstić information content (AvgIpc) is 2.80. The van der Waals surface area contributed by atoms with E-state index in [9.17, 15) is 5.11 Å². The third-order valence-electron chi connectivity index (χ3n) is 3.96. The summed E-state index contributed by atoms with van der Waals surface area (Å²) in [7, 11) is 1.86. The first-order valence-corrected chi connectivity index (χ1v) is 7.62. The minimum atomic E-state index is -0.684. The molecule has 0 aliphatic rings. The molecule has 0 saturated heterocycles. The topological polar surface area (TPSA) is 63.2 Å². The first kappa shape index (κ1) is 18.1. The summed E-state index contributed by atoms with van der Waals surface area (Å²) in [6.07, 6.45) is -0.684. The van der Waals surface area contributed by atoms with E-state index in [-0.39, 0.29) is 19.0 Å². The van der Waals surface area contributed by atoms with Crippen LogP contribution in [0.15, 0.2) is 48.5 Å². The number of hydrogen-bond acceptors (Lipinski definition) is 3. The number of nitrogens with one attached hydrogen (secondary N) is 1. The highest BCUT2D eigenvalue weighted by atomic mass is 35.5. The Balaban J connectivity index is 0.00000208. The molecular formula is C18H22ClN3O2. The Morgan fingerprint density at radius 2 is 1.71 bits per heavy atom. The van der Waals surface area contributed by atoms with Crippen molar-refractivity contribution in [3.8, 4) is 5.75 Å². The second kappa shape index (κ2) is 7.55. The number of imidazole rings is 1. The van der Waals surface area contributed by atoms with Crippen LogP contribution in [0.4, 0.5) is 0 Å². The van der Waals surface area contributed by atoms with Gasteiger partial charge in [0, 0.05) is 7.05 Å². The molecule has 0 fully saturated rings. The zero-order valence-electron chi connectivity index (χ0n) is 13.8. The molecule has 128 valence electrons. The number of nitrogens with zero attached hydrogens (tertiary/aromatic N) is 2. The molecule has 0 spiro atoms. The zero-order valence-corrected chi connectivity index (χ0v) is 14.6. The lowest BCUT2D eigenvalue weighted by atomic mass is 10.2. The van der Waals surface area contributed by atoms with Gasteiger partial charge in [-0.05, 0) is 31.2 Å². The Morgan fingerprint density at radius 3 is 2.38 bits per heavy atom. The smallest absolute Gasteiger partial charge is 0.202 e. The SMILES string of the molecule is Cc1ccc(OCC(O)Cn2c(=N)n(C)c3ccccc32)cc1.Cl. The van der Waals surface area contributed by atoms with Crippen LogP contribution in [0.25, 0.3) is 11.0 Å². The quantitative estimate of drug-likeness (QED) is 0.745. The molecule has 0 aliphatic heterocycles. The number of ether oxygens (including phenoxy) is 1. The lowest BCUT2D eigenvalue weighted by Gasteiger charge is -2.14. The van der Waals surface area contributed by atoms with Crippen molar-refractivity contribution in [2.24, 2.45) is 7.05 Å². The fourth-order valence-electron chi connectivity index (χ4n) is 2.66. The Kier molecular flexibility index (Phi) is 5.70. The van der Waals surface area contributed by atoms with Gasteiger partial charge >= 0.3 is 0 Å². The lowest BCUT2D eigenvalue weighted by molar-refractivity contribution is 0.0921. The summed E-state index contributed by atoms with van der Waals surface area (Å²) in [5, 5.41) is 18.5. The van der Waals surface area contributed by atoms with Gasteiger partial charge in [-0.15, -0.1) is 12.4 Å². The summed E-state index contributed by atoms with van der Waals surface area (Å²) in [5.74, 6) is 0.740. The Bertz CT molecular complexity index is 868. The molecule has 0 amide bonds. The lowest BCUT2D eigenvalue weighted by Crippen LogP contribution is -2.30. The predicted molar refractivity (Wildman–Crippen MR) is 96.7 cm³/mol. The number of rotatable bonds is 5. The molecule has 0 aliphatic carbocycles. The number of para-hydroxylation sites is 2. The number of aliphatic hydroxyl groups excluding tert-OH is 1. The van der Waals surface area contributed by atoms with E-state index in [4.69, 9.17) is 10.1 Å².